The van der Waals surface area contributed by atoms with E-state index in [4.69, 9.17) is 16.1 Å². The fourth-order valence-corrected chi connectivity index (χ4v) is 3.08. The third-order valence-electron chi connectivity index (χ3n) is 2.67. The van der Waals surface area contributed by atoms with Gasteiger partial charge in [-0.15, -0.1) is 0 Å². The number of anilines is 1. The van der Waals surface area contributed by atoms with Crippen molar-refractivity contribution in [1.29, 1.82) is 0 Å². The molecule has 0 fully saturated rings. The molecular weight excluding hydrogens is 319 g/mol. The first-order valence-corrected chi connectivity index (χ1v) is 7.91. The Morgan fingerprint density at radius 3 is 2.48 bits per heavy atom. The van der Waals surface area contributed by atoms with Gasteiger partial charge in [0.2, 0.25) is 0 Å². The maximum atomic E-state index is 13.0. The van der Waals surface area contributed by atoms with Crippen molar-refractivity contribution in [2.75, 3.05) is 4.72 Å². The summed E-state index contributed by atoms with van der Waals surface area (Å²) < 4.78 is 44.7. The van der Waals surface area contributed by atoms with Gasteiger partial charge < -0.3 is 4.52 Å². The minimum atomic E-state index is -3.96. The molecule has 5 nitrogen and oxygen atoms in total. The predicted molar refractivity (Wildman–Crippen MR) is 77.4 cm³/mol. The van der Waals surface area contributed by atoms with E-state index in [2.05, 4.69) is 9.88 Å². The summed E-state index contributed by atoms with van der Waals surface area (Å²) in [7, 11) is -3.96. The van der Waals surface area contributed by atoms with Gasteiger partial charge in [0.05, 0.1) is 5.02 Å². The average Bonchev–Trinajstić information content (AvgIpc) is 2.75. The smallest absolute Gasteiger partial charge is 0.264 e. The van der Waals surface area contributed by atoms with Gasteiger partial charge in [-0.1, -0.05) is 37.5 Å². The molecule has 2 rings (SSSR count). The van der Waals surface area contributed by atoms with Crippen LogP contribution in [0, 0.1) is 5.82 Å². The van der Waals surface area contributed by atoms with Crippen LogP contribution in [0.4, 0.5) is 10.2 Å². The average molecular weight is 333 g/mol. The first kappa shape index (κ1) is 15.8. The molecule has 0 spiro atoms. The second-order valence-electron chi connectivity index (χ2n) is 5.51. The van der Waals surface area contributed by atoms with Crippen molar-refractivity contribution in [1.82, 2.24) is 5.16 Å². The fourth-order valence-electron chi connectivity index (χ4n) is 1.56. The van der Waals surface area contributed by atoms with Gasteiger partial charge >= 0.3 is 0 Å². The zero-order chi connectivity index (χ0) is 15.8. The molecule has 2 aromatic rings. The molecule has 0 bridgehead atoms. The van der Waals surface area contributed by atoms with Crippen LogP contribution in [0.5, 0.6) is 0 Å². The minimum Gasteiger partial charge on any atom is -0.359 e. The maximum Gasteiger partial charge on any atom is 0.264 e. The van der Waals surface area contributed by atoms with Crippen LogP contribution in [0.3, 0.4) is 0 Å². The highest BCUT2D eigenvalue weighted by Gasteiger charge is 2.23. The second-order valence-corrected chi connectivity index (χ2v) is 7.56. The largest absolute Gasteiger partial charge is 0.359 e. The Balaban J connectivity index is 2.31. The molecule has 0 radical (unpaired) electrons. The topological polar surface area (TPSA) is 72.2 Å². The summed E-state index contributed by atoms with van der Waals surface area (Å²) in [6, 6.07) is 4.53. The summed E-state index contributed by atoms with van der Waals surface area (Å²) in [5.41, 5.74) is -0.301. The standard InChI is InChI=1S/C13H14ClFN2O3S/c1-13(2,3)11-7-12(16-20-11)17-21(18,19)10-5-4-8(15)6-9(10)14/h4-7H,1-3H3,(H,16,17). The van der Waals surface area contributed by atoms with E-state index in [0.29, 0.717) is 5.76 Å². The van der Waals surface area contributed by atoms with Crippen LogP contribution < -0.4 is 4.72 Å². The van der Waals surface area contributed by atoms with E-state index in [0.717, 1.165) is 18.2 Å². The van der Waals surface area contributed by atoms with E-state index in [1.54, 1.807) is 0 Å². The SMILES string of the molecule is CC(C)(C)c1cc(NS(=O)(=O)c2ccc(F)cc2Cl)no1. The molecule has 0 saturated carbocycles. The molecular formula is C13H14ClFN2O3S. The molecule has 0 saturated heterocycles. The molecule has 21 heavy (non-hydrogen) atoms. The minimum absolute atomic E-state index is 0.0420. The quantitative estimate of drug-likeness (QED) is 0.932. The van der Waals surface area contributed by atoms with Crippen molar-refractivity contribution < 1.29 is 17.3 Å². The number of hydrogen-bond donors (Lipinski definition) is 1. The third-order valence-corrected chi connectivity index (χ3v) is 4.51. The Labute approximate surface area is 127 Å². The maximum absolute atomic E-state index is 13.0. The summed E-state index contributed by atoms with van der Waals surface area (Å²) in [5.74, 6) is -0.0406. The number of aromatic nitrogens is 1. The Kier molecular flexibility index (Phi) is 3.99. The molecule has 114 valence electrons. The molecule has 1 heterocycles. The van der Waals surface area contributed by atoms with Crippen molar-refractivity contribution in [3.05, 3.63) is 40.9 Å². The summed E-state index contributed by atoms with van der Waals surface area (Å²) in [6.45, 7) is 5.72. The lowest BCUT2D eigenvalue weighted by molar-refractivity contribution is 0.331. The van der Waals surface area contributed by atoms with Crippen LogP contribution in [-0.4, -0.2) is 13.6 Å². The van der Waals surface area contributed by atoms with Gasteiger partial charge in [0.25, 0.3) is 10.0 Å². The normalized spacial score (nSPS) is 12.4. The van der Waals surface area contributed by atoms with Crippen molar-refractivity contribution in [2.45, 2.75) is 31.1 Å². The monoisotopic (exact) mass is 332 g/mol. The Hall–Kier alpha value is -1.60. The Bertz CT molecular complexity index is 766. The van der Waals surface area contributed by atoms with Gasteiger partial charge in [0, 0.05) is 11.5 Å². The molecule has 0 atom stereocenters. The van der Waals surface area contributed by atoms with E-state index >= 15 is 0 Å². The van der Waals surface area contributed by atoms with Gasteiger partial charge in [-0.3, -0.25) is 4.72 Å². The van der Waals surface area contributed by atoms with E-state index in [1.807, 2.05) is 20.8 Å². The van der Waals surface area contributed by atoms with Crippen molar-refractivity contribution in [3.63, 3.8) is 0 Å². The first-order chi connectivity index (χ1) is 9.59. The molecule has 8 heteroatoms. The highest BCUT2D eigenvalue weighted by atomic mass is 35.5. The predicted octanol–water partition coefficient (Wildman–Crippen LogP) is 3.57. The Morgan fingerprint density at radius 2 is 1.95 bits per heavy atom. The summed E-state index contributed by atoms with van der Waals surface area (Å²) in [4.78, 5) is -0.231. The molecule has 1 N–H and O–H groups in total. The van der Waals surface area contributed by atoms with Gasteiger partial charge in [-0.2, -0.15) is 0 Å². The van der Waals surface area contributed by atoms with Crippen molar-refractivity contribution in [2.24, 2.45) is 0 Å². The summed E-state index contributed by atoms with van der Waals surface area (Å²) in [6.07, 6.45) is 0. The van der Waals surface area contributed by atoms with Crippen LogP contribution in [0.1, 0.15) is 26.5 Å². The van der Waals surface area contributed by atoms with Gasteiger partial charge in [0.15, 0.2) is 5.82 Å². The molecule has 0 aliphatic carbocycles. The van der Waals surface area contributed by atoms with Crippen LogP contribution in [0.25, 0.3) is 0 Å². The molecule has 0 aliphatic rings. The van der Waals surface area contributed by atoms with Crippen molar-refractivity contribution in [3.8, 4) is 0 Å². The molecule has 0 unspecified atom stereocenters. The van der Waals surface area contributed by atoms with E-state index in [-0.39, 0.29) is 21.2 Å². The third kappa shape index (κ3) is 3.54. The molecule has 1 aromatic carbocycles. The van der Waals surface area contributed by atoms with E-state index in [1.165, 1.54) is 6.07 Å². The lowest BCUT2D eigenvalue weighted by Gasteiger charge is -2.12. The van der Waals surface area contributed by atoms with Crippen molar-refractivity contribution >= 4 is 27.4 Å². The van der Waals surface area contributed by atoms with E-state index < -0.39 is 15.8 Å². The van der Waals surface area contributed by atoms with Gasteiger partial charge in [-0.05, 0) is 18.2 Å². The van der Waals surface area contributed by atoms with E-state index in [9.17, 15) is 12.8 Å². The lowest BCUT2D eigenvalue weighted by atomic mass is 9.93. The number of nitrogens with zero attached hydrogens (tertiary/aromatic N) is 1. The van der Waals surface area contributed by atoms with Crippen LogP contribution >= 0.6 is 11.6 Å². The molecule has 1 aromatic heterocycles. The summed E-state index contributed by atoms with van der Waals surface area (Å²) >= 11 is 5.76. The number of hydrogen-bond acceptors (Lipinski definition) is 4. The zero-order valence-corrected chi connectivity index (χ0v) is 13.2. The highest BCUT2D eigenvalue weighted by Crippen LogP contribution is 2.27. The second kappa shape index (κ2) is 5.31. The van der Waals surface area contributed by atoms with Gasteiger partial charge in [0.1, 0.15) is 16.5 Å². The first-order valence-electron chi connectivity index (χ1n) is 6.05. The lowest BCUT2D eigenvalue weighted by Crippen LogP contribution is -2.14. The van der Waals surface area contributed by atoms with Crippen LogP contribution in [-0.2, 0) is 15.4 Å². The number of benzene rings is 1. The number of rotatable bonds is 3. The van der Waals surface area contributed by atoms with Gasteiger partial charge in [-0.25, -0.2) is 12.8 Å². The fraction of sp³-hybridized carbons (Fsp3) is 0.308. The molecule has 0 aliphatic heterocycles. The molecule has 0 amide bonds. The zero-order valence-electron chi connectivity index (χ0n) is 11.6. The Morgan fingerprint density at radius 1 is 1.29 bits per heavy atom. The number of sulfonamides is 1. The summed E-state index contributed by atoms with van der Waals surface area (Å²) in [5, 5.41) is 3.45. The van der Waals surface area contributed by atoms with Crippen LogP contribution in [0.15, 0.2) is 33.7 Å². The highest BCUT2D eigenvalue weighted by molar-refractivity contribution is 7.92. The van der Waals surface area contributed by atoms with Crippen LogP contribution in [0.2, 0.25) is 5.02 Å². The number of halogens is 2. The number of nitrogens with one attached hydrogen (secondary N) is 1.